The molecule has 118 valence electrons. The maximum absolute atomic E-state index is 11.8. The molecular formula is C16H25NO2S2. The Balaban J connectivity index is 1.73. The largest absolute Gasteiger partial charge is 0.291 e. The van der Waals surface area contributed by atoms with Gasteiger partial charge >= 0.3 is 0 Å². The minimum absolute atomic E-state index is 0.198. The van der Waals surface area contributed by atoms with E-state index >= 15 is 0 Å². The number of hydrogen-bond acceptors (Lipinski definition) is 4. The number of nitrogens with zero attached hydrogens (tertiary/aromatic N) is 1. The Hall–Kier alpha value is -0.390. The first kappa shape index (κ1) is 15.5. The van der Waals surface area contributed by atoms with Crippen molar-refractivity contribution in [2.45, 2.75) is 64.1 Å². The smallest absolute Gasteiger partial charge is 0.151 e. The van der Waals surface area contributed by atoms with Gasteiger partial charge in [0, 0.05) is 28.4 Å². The molecule has 5 heteroatoms. The average Bonchev–Trinajstić information content (AvgIpc) is 2.97. The number of rotatable bonds is 4. The minimum atomic E-state index is -2.79. The van der Waals surface area contributed by atoms with E-state index in [1.165, 1.54) is 22.6 Å². The second kappa shape index (κ2) is 5.36. The van der Waals surface area contributed by atoms with Crippen molar-refractivity contribution in [2.75, 3.05) is 11.5 Å². The molecule has 3 rings (SSSR count). The lowest BCUT2D eigenvalue weighted by Crippen LogP contribution is -2.37. The van der Waals surface area contributed by atoms with Crippen LogP contribution >= 0.6 is 11.3 Å². The molecule has 2 fully saturated rings. The molecule has 0 N–H and O–H groups in total. The van der Waals surface area contributed by atoms with Gasteiger partial charge in [-0.2, -0.15) is 0 Å². The van der Waals surface area contributed by atoms with Gasteiger partial charge in [-0.05, 0) is 36.8 Å². The summed E-state index contributed by atoms with van der Waals surface area (Å²) in [4.78, 5) is 5.24. The summed E-state index contributed by atoms with van der Waals surface area (Å²) in [5, 5.41) is 0. The molecule has 1 aromatic rings. The zero-order chi connectivity index (χ0) is 15.3. The fourth-order valence-electron chi connectivity index (χ4n) is 3.05. The number of sulfone groups is 1. The van der Waals surface area contributed by atoms with Crippen LogP contribution in [0.25, 0.3) is 0 Å². The molecule has 21 heavy (non-hydrogen) atoms. The van der Waals surface area contributed by atoms with Crippen LogP contribution < -0.4 is 0 Å². The monoisotopic (exact) mass is 327 g/mol. The van der Waals surface area contributed by atoms with Crippen molar-refractivity contribution >= 4 is 21.2 Å². The first-order valence-corrected chi connectivity index (χ1v) is 10.4. The second-order valence-corrected chi connectivity index (χ2v) is 10.9. The molecular weight excluding hydrogens is 302 g/mol. The molecule has 1 aliphatic heterocycles. The fraction of sp³-hybridized carbons (Fsp3) is 0.750. The first-order valence-electron chi connectivity index (χ1n) is 7.80. The molecule has 0 amide bonds. The zero-order valence-corrected chi connectivity index (χ0v) is 14.8. The molecule has 1 atom stereocenters. The van der Waals surface area contributed by atoms with Crippen molar-refractivity contribution in [3.05, 3.63) is 21.9 Å². The van der Waals surface area contributed by atoms with E-state index in [0.717, 1.165) is 13.0 Å². The molecule has 2 aliphatic rings. The third kappa shape index (κ3) is 3.69. The zero-order valence-electron chi connectivity index (χ0n) is 13.1. The van der Waals surface area contributed by atoms with Crippen LogP contribution in [0.5, 0.6) is 0 Å². The van der Waals surface area contributed by atoms with Crippen LogP contribution in [0.4, 0.5) is 0 Å². The van der Waals surface area contributed by atoms with Crippen molar-refractivity contribution in [2.24, 2.45) is 0 Å². The molecule has 0 spiro atoms. The Kier molecular flexibility index (Phi) is 3.95. The van der Waals surface area contributed by atoms with Crippen LogP contribution in [0.3, 0.4) is 0 Å². The van der Waals surface area contributed by atoms with Gasteiger partial charge in [0.15, 0.2) is 9.84 Å². The van der Waals surface area contributed by atoms with Crippen LogP contribution in [0.1, 0.15) is 49.8 Å². The SMILES string of the molecule is CC(C)(C)c1ccc(CN(C2CC2)[C@H]2CCS(=O)(=O)C2)s1. The standard InChI is InChI=1S/C16H25NO2S2/c1-16(2,3)15-7-6-14(20-15)10-17(12-4-5-12)13-8-9-21(18,19)11-13/h6-7,12-13H,4-5,8-11H2,1-3H3/t13-/m0/s1. The van der Waals surface area contributed by atoms with Crippen molar-refractivity contribution in [1.29, 1.82) is 0 Å². The quantitative estimate of drug-likeness (QED) is 0.852. The van der Waals surface area contributed by atoms with Gasteiger partial charge in [0.25, 0.3) is 0 Å². The highest BCUT2D eigenvalue weighted by atomic mass is 32.2. The van der Waals surface area contributed by atoms with E-state index in [0.29, 0.717) is 17.5 Å². The Bertz CT molecular complexity index is 608. The molecule has 3 nitrogen and oxygen atoms in total. The average molecular weight is 328 g/mol. The third-order valence-corrected chi connectivity index (χ3v) is 7.68. The second-order valence-electron chi connectivity index (χ2n) is 7.48. The van der Waals surface area contributed by atoms with E-state index in [9.17, 15) is 8.42 Å². The van der Waals surface area contributed by atoms with Crippen LogP contribution in [0.15, 0.2) is 12.1 Å². The van der Waals surface area contributed by atoms with Gasteiger partial charge in [-0.1, -0.05) is 20.8 Å². The van der Waals surface area contributed by atoms with Crippen molar-refractivity contribution < 1.29 is 8.42 Å². The predicted molar refractivity (Wildman–Crippen MR) is 88.6 cm³/mol. The van der Waals surface area contributed by atoms with Crippen LogP contribution in [0.2, 0.25) is 0 Å². The highest BCUT2D eigenvalue weighted by Gasteiger charge is 2.39. The maximum atomic E-state index is 11.8. The van der Waals surface area contributed by atoms with Crippen LogP contribution in [-0.4, -0.2) is 36.9 Å². The lowest BCUT2D eigenvalue weighted by Gasteiger charge is -2.27. The molecule has 0 aromatic carbocycles. The summed E-state index contributed by atoms with van der Waals surface area (Å²) in [6.07, 6.45) is 3.28. The van der Waals surface area contributed by atoms with E-state index < -0.39 is 9.84 Å². The first-order chi connectivity index (χ1) is 9.74. The molecule has 0 radical (unpaired) electrons. The summed E-state index contributed by atoms with van der Waals surface area (Å²) < 4.78 is 23.5. The third-order valence-electron chi connectivity index (χ3n) is 4.43. The van der Waals surface area contributed by atoms with E-state index in [-0.39, 0.29) is 11.5 Å². The molecule has 1 aromatic heterocycles. The van der Waals surface area contributed by atoms with Gasteiger partial charge in [-0.3, -0.25) is 4.90 Å². The van der Waals surface area contributed by atoms with Gasteiger partial charge in [-0.15, -0.1) is 11.3 Å². The topological polar surface area (TPSA) is 37.4 Å². The molecule has 2 heterocycles. The molecule has 1 aliphatic carbocycles. The molecule has 1 saturated heterocycles. The summed E-state index contributed by atoms with van der Waals surface area (Å²) >= 11 is 1.88. The fourth-order valence-corrected chi connectivity index (χ4v) is 5.86. The van der Waals surface area contributed by atoms with Crippen molar-refractivity contribution in [3.8, 4) is 0 Å². The minimum Gasteiger partial charge on any atom is -0.291 e. The normalized spacial score (nSPS) is 25.6. The van der Waals surface area contributed by atoms with Crippen LogP contribution in [-0.2, 0) is 21.8 Å². The lowest BCUT2D eigenvalue weighted by molar-refractivity contribution is 0.195. The predicted octanol–water partition coefficient (Wildman–Crippen LogP) is 3.20. The highest BCUT2D eigenvalue weighted by molar-refractivity contribution is 7.91. The summed E-state index contributed by atoms with van der Waals surface area (Å²) in [5.41, 5.74) is 0.198. The number of hydrogen-bond donors (Lipinski definition) is 0. The van der Waals surface area contributed by atoms with E-state index in [1.54, 1.807) is 0 Å². The molecule has 1 saturated carbocycles. The maximum Gasteiger partial charge on any atom is 0.151 e. The highest BCUT2D eigenvalue weighted by Crippen LogP contribution is 2.36. The Morgan fingerprint density at radius 2 is 1.90 bits per heavy atom. The van der Waals surface area contributed by atoms with Gasteiger partial charge in [0.1, 0.15) is 0 Å². The Labute approximate surface area is 132 Å². The Morgan fingerprint density at radius 3 is 2.38 bits per heavy atom. The van der Waals surface area contributed by atoms with Gasteiger partial charge in [0.05, 0.1) is 11.5 Å². The van der Waals surface area contributed by atoms with E-state index in [2.05, 4.69) is 37.8 Å². The van der Waals surface area contributed by atoms with Gasteiger partial charge < -0.3 is 0 Å². The molecule has 0 bridgehead atoms. The lowest BCUT2D eigenvalue weighted by atomic mass is 9.95. The van der Waals surface area contributed by atoms with E-state index in [1.807, 2.05) is 11.3 Å². The summed E-state index contributed by atoms with van der Waals surface area (Å²) in [6.45, 7) is 7.64. The Morgan fingerprint density at radius 1 is 1.19 bits per heavy atom. The number of thiophene rings is 1. The summed E-state index contributed by atoms with van der Waals surface area (Å²) in [7, 11) is -2.79. The summed E-state index contributed by atoms with van der Waals surface area (Å²) in [5.74, 6) is 0.736. The van der Waals surface area contributed by atoms with E-state index in [4.69, 9.17) is 0 Å². The van der Waals surface area contributed by atoms with Crippen LogP contribution in [0, 0.1) is 0 Å². The molecule has 0 unspecified atom stereocenters. The van der Waals surface area contributed by atoms with Gasteiger partial charge in [-0.25, -0.2) is 8.42 Å². The van der Waals surface area contributed by atoms with Crippen molar-refractivity contribution in [1.82, 2.24) is 4.90 Å². The summed E-state index contributed by atoms with van der Waals surface area (Å²) in [6, 6.07) is 5.31. The van der Waals surface area contributed by atoms with Crippen molar-refractivity contribution in [3.63, 3.8) is 0 Å². The van der Waals surface area contributed by atoms with Gasteiger partial charge in [0.2, 0.25) is 0 Å².